The molecule has 0 amide bonds. The predicted molar refractivity (Wildman–Crippen MR) is 54.0 cm³/mol. The third kappa shape index (κ3) is 1.31. The Kier molecular flexibility index (Phi) is 1.71. The lowest BCUT2D eigenvalue weighted by atomic mass is 9.85. The highest BCUT2D eigenvalue weighted by molar-refractivity contribution is 9.18. The van der Waals surface area contributed by atoms with E-state index in [1.807, 2.05) is 0 Å². The van der Waals surface area contributed by atoms with Gasteiger partial charge in [-0.3, -0.25) is 0 Å². The molecule has 3 aliphatic rings. The largest absolute Gasteiger partial charge is 0.388 e. The number of oxime groups is 1. The van der Waals surface area contributed by atoms with Crippen molar-refractivity contribution in [3.63, 3.8) is 0 Å². The molecule has 3 rings (SSSR count). The average Bonchev–Trinajstić information content (AvgIpc) is 2.58. The third-order valence-corrected chi connectivity index (χ3v) is 3.80. The van der Waals surface area contributed by atoms with Crippen molar-refractivity contribution in [2.75, 3.05) is 0 Å². The Bertz CT molecular complexity index is 254. The van der Waals surface area contributed by atoms with Crippen LogP contribution in [0.5, 0.6) is 0 Å². The van der Waals surface area contributed by atoms with Crippen molar-refractivity contribution < 1.29 is 4.84 Å². The molecule has 1 spiro atoms. The molecule has 0 aromatic carbocycles. The van der Waals surface area contributed by atoms with Crippen LogP contribution >= 0.6 is 15.9 Å². The topological polar surface area (TPSA) is 33.6 Å². The molecule has 4 heteroatoms. The van der Waals surface area contributed by atoms with E-state index in [4.69, 9.17) is 4.84 Å². The highest BCUT2D eigenvalue weighted by Gasteiger charge is 2.48. The van der Waals surface area contributed by atoms with Crippen molar-refractivity contribution in [3.8, 4) is 0 Å². The molecule has 72 valence electrons. The van der Waals surface area contributed by atoms with Gasteiger partial charge in [0.2, 0.25) is 0 Å². The standard InChI is InChI=1S/C9H13BrN2O/c10-8-5-9(13-12-8)3-6-1-2-7(4-9)11-6/h6-7,11H,1-5H2/t6-,7+,9+. The minimum absolute atomic E-state index is 0.0376. The van der Waals surface area contributed by atoms with Gasteiger partial charge in [0.05, 0.1) is 0 Å². The summed E-state index contributed by atoms with van der Waals surface area (Å²) >= 11 is 3.41. The Labute approximate surface area is 86.0 Å². The van der Waals surface area contributed by atoms with E-state index in [2.05, 4.69) is 26.4 Å². The van der Waals surface area contributed by atoms with E-state index in [0.29, 0.717) is 12.1 Å². The molecule has 3 atom stereocenters. The van der Waals surface area contributed by atoms with Gasteiger partial charge in [-0.25, -0.2) is 0 Å². The molecule has 2 bridgehead atoms. The Morgan fingerprint density at radius 3 is 2.62 bits per heavy atom. The lowest BCUT2D eigenvalue weighted by Crippen LogP contribution is -2.48. The minimum Gasteiger partial charge on any atom is -0.388 e. The van der Waals surface area contributed by atoms with Gasteiger partial charge in [0.1, 0.15) is 10.2 Å². The van der Waals surface area contributed by atoms with E-state index in [1.165, 1.54) is 12.8 Å². The molecule has 0 saturated carbocycles. The molecular weight excluding hydrogens is 232 g/mol. The van der Waals surface area contributed by atoms with Crippen molar-refractivity contribution in [1.29, 1.82) is 0 Å². The summed E-state index contributed by atoms with van der Waals surface area (Å²) in [6.07, 6.45) is 5.85. The second-order valence-corrected chi connectivity index (χ2v) is 5.38. The monoisotopic (exact) mass is 244 g/mol. The lowest BCUT2D eigenvalue weighted by Gasteiger charge is -2.35. The number of hydrogen-bond acceptors (Lipinski definition) is 3. The van der Waals surface area contributed by atoms with Crippen LogP contribution in [0.2, 0.25) is 0 Å². The summed E-state index contributed by atoms with van der Waals surface area (Å²) in [5.74, 6) is 0. The normalized spacial score (nSPS) is 47.9. The van der Waals surface area contributed by atoms with Crippen molar-refractivity contribution in [2.24, 2.45) is 5.16 Å². The summed E-state index contributed by atoms with van der Waals surface area (Å²) in [6, 6.07) is 1.35. The van der Waals surface area contributed by atoms with Gasteiger partial charge in [-0.15, -0.1) is 0 Å². The van der Waals surface area contributed by atoms with Gasteiger partial charge in [-0.2, -0.15) is 0 Å². The number of fused-ring (bicyclic) bond motifs is 2. The Balaban J connectivity index is 1.79. The Hall–Kier alpha value is -0.0900. The zero-order valence-electron chi connectivity index (χ0n) is 7.42. The van der Waals surface area contributed by atoms with Gasteiger partial charge in [-0.1, -0.05) is 5.16 Å². The van der Waals surface area contributed by atoms with Crippen molar-refractivity contribution in [2.45, 2.75) is 49.8 Å². The van der Waals surface area contributed by atoms with Crippen LogP contribution in [0.25, 0.3) is 0 Å². The molecule has 0 aromatic rings. The van der Waals surface area contributed by atoms with Gasteiger partial charge >= 0.3 is 0 Å². The van der Waals surface area contributed by atoms with Gasteiger partial charge in [0, 0.05) is 31.3 Å². The van der Waals surface area contributed by atoms with Crippen molar-refractivity contribution in [1.82, 2.24) is 5.32 Å². The first kappa shape index (κ1) is 8.24. The van der Waals surface area contributed by atoms with Crippen LogP contribution < -0.4 is 5.32 Å². The summed E-state index contributed by atoms with van der Waals surface area (Å²) < 4.78 is 0.980. The smallest absolute Gasteiger partial charge is 0.146 e. The zero-order valence-corrected chi connectivity index (χ0v) is 9.01. The van der Waals surface area contributed by atoms with E-state index >= 15 is 0 Å². The second kappa shape index (κ2) is 2.70. The number of nitrogens with one attached hydrogen (secondary N) is 1. The molecule has 3 heterocycles. The van der Waals surface area contributed by atoms with Crippen LogP contribution in [0, 0.1) is 0 Å². The maximum Gasteiger partial charge on any atom is 0.146 e. The third-order valence-electron chi connectivity index (χ3n) is 3.38. The van der Waals surface area contributed by atoms with Crippen LogP contribution in [0.1, 0.15) is 32.1 Å². The quantitative estimate of drug-likeness (QED) is 0.705. The molecule has 3 aliphatic heterocycles. The molecule has 0 aliphatic carbocycles. The molecule has 13 heavy (non-hydrogen) atoms. The van der Waals surface area contributed by atoms with Crippen LogP contribution in [0.4, 0.5) is 0 Å². The number of nitrogens with zero attached hydrogens (tertiary/aromatic N) is 1. The van der Waals surface area contributed by atoms with Crippen LogP contribution in [-0.2, 0) is 4.84 Å². The van der Waals surface area contributed by atoms with E-state index in [0.717, 1.165) is 23.9 Å². The fourth-order valence-corrected chi connectivity index (χ4v) is 3.48. The fraction of sp³-hybridized carbons (Fsp3) is 0.889. The van der Waals surface area contributed by atoms with Crippen LogP contribution in [0.3, 0.4) is 0 Å². The zero-order chi connectivity index (χ0) is 8.89. The molecule has 2 fully saturated rings. The van der Waals surface area contributed by atoms with Crippen molar-refractivity contribution >= 4 is 20.6 Å². The summed E-state index contributed by atoms with van der Waals surface area (Å²) in [5.41, 5.74) is 0.0376. The predicted octanol–water partition coefficient (Wildman–Crippen LogP) is 1.77. The SMILES string of the molecule is BrC1=NO[C@@]2(C1)C[C@H]1CC[C@@H](C2)N1. The number of hydrogen-bond donors (Lipinski definition) is 1. The van der Waals surface area contributed by atoms with E-state index in [-0.39, 0.29) is 5.60 Å². The van der Waals surface area contributed by atoms with Crippen LogP contribution in [-0.4, -0.2) is 22.3 Å². The fourth-order valence-electron chi connectivity index (χ4n) is 2.90. The molecule has 0 radical (unpaired) electrons. The molecule has 3 nitrogen and oxygen atoms in total. The highest BCUT2D eigenvalue weighted by Crippen LogP contribution is 2.42. The second-order valence-electron chi connectivity index (χ2n) is 4.46. The average molecular weight is 245 g/mol. The first-order valence-corrected chi connectivity index (χ1v) is 5.72. The summed E-state index contributed by atoms with van der Waals surface area (Å²) in [7, 11) is 0. The first-order valence-electron chi connectivity index (χ1n) is 4.92. The Morgan fingerprint density at radius 1 is 1.38 bits per heavy atom. The first-order chi connectivity index (χ1) is 6.26. The van der Waals surface area contributed by atoms with Gasteiger partial charge in [-0.05, 0) is 28.8 Å². The van der Waals surface area contributed by atoms with E-state index < -0.39 is 0 Å². The molecule has 1 N–H and O–H groups in total. The molecular formula is C9H13BrN2O. The summed E-state index contributed by atoms with van der Waals surface area (Å²) in [5, 5.41) is 7.63. The maximum absolute atomic E-state index is 5.58. The van der Waals surface area contributed by atoms with E-state index in [1.54, 1.807) is 0 Å². The van der Waals surface area contributed by atoms with Gasteiger partial charge in [0.25, 0.3) is 0 Å². The number of halogens is 1. The summed E-state index contributed by atoms with van der Waals surface area (Å²) in [4.78, 5) is 5.58. The highest BCUT2D eigenvalue weighted by atomic mass is 79.9. The van der Waals surface area contributed by atoms with E-state index in [9.17, 15) is 0 Å². The minimum atomic E-state index is 0.0376. The molecule has 0 aromatic heterocycles. The molecule has 0 unspecified atom stereocenters. The summed E-state index contributed by atoms with van der Waals surface area (Å²) in [6.45, 7) is 0. The van der Waals surface area contributed by atoms with Crippen LogP contribution in [0.15, 0.2) is 5.16 Å². The molecule has 2 saturated heterocycles. The lowest BCUT2D eigenvalue weighted by molar-refractivity contribution is -0.0524. The number of piperidine rings is 1. The van der Waals surface area contributed by atoms with Crippen molar-refractivity contribution in [3.05, 3.63) is 0 Å². The van der Waals surface area contributed by atoms with Gasteiger partial charge in [0.15, 0.2) is 0 Å². The van der Waals surface area contributed by atoms with Gasteiger partial charge < -0.3 is 10.2 Å². The Morgan fingerprint density at radius 2 is 2.08 bits per heavy atom. The maximum atomic E-state index is 5.58. The number of rotatable bonds is 0.